The maximum Gasteiger partial charge on any atom is 0.306 e. The third-order valence-electron chi connectivity index (χ3n) is 2.44. The molecule has 4 heteroatoms. The van der Waals surface area contributed by atoms with Crippen LogP contribution >= 0.6 is 0 Å². The Bertz CT molecular complexity index is 427. The van der Waals surface area contributed by atoms with Crippen molar-refractivity contribution in [3.8, 4) is 0 Å². The van der Waals surface area contributed by atoms with Crippen molar-refractivity contribution in [2.24, 2.45) is 5.92 Å². The predicted molar refractivity (Wildman–Crippen MR) is 61.4 cm³/mol. The minimum Gasteiger partial charge on any atom is -0.481 e. The molecule has 0 aliphatic rings. The summed E-state index contributed by atoms with van der Waals surface area (Å²) in [4.78, 5) is 10.5. The molecule has 2 nitrogen and oxygen atoms in total. The molecule has 0 spiro atoms. The van der Waals surface area contributed by atoms with E-state index in [-0.39, 0.29) is 0 Å². The summed E-state index contributed by atoms with van der Waals surface area (Å²) in [6, 6.07) is 3.64. The van der Waals surface area contributed by atoms with E-state index in [2.05, 4.69) is 0 Å². The van der Waals surface area contributed by atoms with E-state index in [9.17, 15) is 13.6 Å². The minimum atomic E-state index is -0.883. The van der Waals surface area contributed by atoms with E-state index in [0.717, 1.165) is 12.1 Å². The van der Waals surface area contributed by atoms with E-state index >= 15 is 0 Å². The smallest absolute Gasteiger partial charge is 0.306 e. The third-order valence-corrected chi connectivity index (χ3v) is 2.44. The fourth-order valence-corrected chi connectivity index (χ4v) is 1.31. The van der Waals surface area contributed by atoms with Crippen molar-refractivity contribution in [2.75, 3.05) is 0 Å². The number of benzene rings is 1. The number of carbonyl (C=O) groups is 1. The van der Waals surface area contributed by atoms with E-state index < -0.39 is 23.5 Å². The normalized spacial score (nSPS) is 12.9. The van der Waals surface area contributed by atoms with Crippen molar-refractivity contribution in [3.05, 3.63) is 41.5 Å². The van der Waals surface area contributed by atoms with Crippen LogP contribution in [0.2, 0.25) is 0 Å². The molecule has 0 fully saturated rings. The van der Waals surface area contributed by atoms with Gasteiger partial charge in [0.1, 0.15) is 0 Å². The Morgan fingerprint density at radius 3 is 2.71 bits per heavy atom. The molecule has 0 aliphatic heterocycles. The highest BCUT2D eigenvalue weighted by Gasteiger charge is 2.08. The standard InChI is InChI=1S/C13H14F2O2/c1-9(13(16)17)4-2-3-5-10-6-7-11(14)12(15)8-10/h3,5-9H,2,4H2,1H3,(H,16,17)/b5-3+. The molecule has 0 aromatic heterocycles. The van der Waals surface area contributed by atoms with Gasteiger partial charge in [-0.25, -0.2) is 8.78 Å². The minimum absolute atomic E-state index is 0.399. The van der Waals surface area contributed by atoms with Crippen LogP contribution in [-0.4, -0.2) is 11.1 Å². The van der Waals surface area contributed by atoms with Gasteiger partial charge in [-0.3, -0.25) is 4.79 Å². The number of hydrogen-bond donors (Lipinski definition) is 1. The van der Waals surface area contributed by atoms with Gasteiger partial charge in [-0.15, -0.1) is 0 Å². The number of halogens is 2. The van der Waals surface area contributed by atoms with Crippen molar-refractivity contribution >= 4 is 12.0 Å². The number of hydrogen-bond acceptors (Lipinski definition) is 1. The molecule has 0 bridgehead atoms. The van der Waals surface area contributed by atoms with Gasteiger partial charge in [0.2, 0.25) is 0 Å². The van der Waals surface area contributed by atoms with Gasteiger partial charge in [0, 0.05) is 0 Å². The molecule has 0 aliphatic carbocycles. The lowest BCUT2D eigenvalue weighted by molar-refractivity contribution is -0.141. The Kier molecular flexibility index (Phi) is 4.82. The zero-order valence-corrected chi connectivity index (χ0v) is 9.49. The van der Waals surface area contributed by atoms with Crippen LogP contribution in [0.3, 0.4) is 0 Å². The summed E-state index contributed by atoms with van der Waals surface area (Å²) >= 11 is 0. The van der Waals surface area contributed by atoms with Crippen molar-refractivity contribution in [3.63, 3.8) is 0 Å². The maximum atomic E-state index is 12.8. The van der Waals surface area contributed by atoms with Gasteiger partial charge < -0.3 is 5.11 Å². The molecule has 0 saturated heterocycles. The second kappa shape index (κ2) is 6.13. The summed E-state index contributed by atoms with van der Waals surface area (Å²) in [6.45, 7) is 1.63. The average Bonchev–Trinajstić information content (AvgIpc) is 2.28. The quantitative estimate of drug-likeness (QED) is 0.855. The number of carboxylic acids is 1. The lowest BCUT2D eigenvalue weighted by Crippen LogP contribution is -2.08. The highest BCUT2D eigenvalue weighted by molar-refractivity contribution is 5.69. The largest absolute Gasteiger partial charge is 0.481 e. The SMILES string of the molecule is CC(CC/C=C/c1ccc(F)c(F)c1)C(=O)O. The molecule has 1 unspecified atom stereocenters. The van der Waals surface area contributed by atoms with E-state index in [1.807, 2.05) is 0 Å². The number of allylic oxidation sites excluding steroid dienone is 1. The third kappa shape index (κ3) is 4.34. The molecule has 0 amide bonds. The highest BCUT2D eigenvalue weighted by atomic mass is 19.2. The van der Waals surface area contributed by atoms with Crippen molar-refractivity contribution in [2.45, 2.75) is 19.8 Å². The van der Waals surface area contributed by atoms with Crippen LogP contribution in [0.15, 0.2) is 24.3 Å². The zero-order chi connectivity index (χ0) is 12.8. The number of aliphatic carboxylic acids is 1. The summed E-state index contributed by atoms with van der Waals surface area (Å²) in [5, 5.41) is 8.65. The molecule has 92 valence electrons. The van der Waals surface area contributed by atoms with Crippen LogP contribution in [0.25, 0.3) is 6.08 Å². The first-order valence-electron chi connectivity index (χ1n) is 5.35. The van der Waals surface area contributed by atoms with Crippen LogP contribution in [0.4, 0.5) is 8.78 Å². The second-order valence-electron chi connectivity index (χ2n) is 3.89. The topological polar surface area (TPSA) is 37.3 Å². The van der Waals surface area contributed by atoms with Gasteiger partial charge in [0.05, 0.1) is 5.92 Å². The average molecular weight is 240 g/mol. The summed E-state index contributed by atoms with van der Waals surface area (Å²) in [6.07, 6.45) is 4.52. The van der Waals surface area contributed by atoms with Crippen molar-refractivity contribution < 1.29 is 18.7 Å². The monoisotopic (exact) mass is 240 g/mol. The van der Waals surface area contributed by atoms with E-state index in [1.165, 1.54) is 6.07 Å². The van der Waals surface area contributed by atoms with Crippen LogP contribution in [-0.2, 0) is 4.79 Å². The van der Waals surface area contributed by atoms with Crippen LogP contribution in [0.5, 0.6) is 0 Å². The summed E-state index contributed by atoms with van der Waals surface area (Å²) in [5.41, 5.74) is 0.562. The van der Waals surface area contributed by atoms with E-state index in [1.54, 1.807) is 19.1 Å². The van der Waals surface area contributed by atoms with Crippen LogP contribution < -0.4 is 0 Å². The van der Waals surface area contributed by atoms with Gasteiger partial charge in [0.15, 0.2) is 11.6 Å². The van der Waals surface area contributed by atoms with Gasteiger partial charge in [0.25, 0.3) is 0 Å². The van der Waals surface area contributed by atoms with Gasteiger partial charge in [-0.05, 0) is 30.5 Å². The number of rotatable bonds is 5. The zero-order valence-electron chi connectivity index (χ0n) is 9.49. The van der Waals surface area contributed by atoms with E-state index in [0.29, 0.717) is 18.4 Å². The van der Waals surface area contributed by atoms with Gasteiger partial charge in [-0.2, -0.15) is 0 Å². The molecular formula is C13H14F2O2. The fourth-order valence-electron chi connectivity index (χ4n) is 1.31. The molecule has 1 N–H and O–H groups in total. The molecule has 0 heterocycles. The van der Waals surface area contributed by atoms with Gasteiger partial charge in [-0.1, -0.05) is 25.1 Å². The Morgan fingerprint density at radius 2 is 2.12 bits per heavy atom. The van der Waals surface area contributed by atoms with Crippen molar-refractivity contribution in [1.82, 2.24) is 0 Å². The fraction of sp³-hybridized carbons (Fsp3) is 0.308. The highest BCUT2D eigenvalue weighted by Crippen LogP contribution is 2.12. The summed E-state index contributed by atoms with van der Waals surface area (Å²) < 4.78 is 25.5. The number of carboxylic acid groups (broad SMARTS) is 1. The Labute approximate surface area is 98.6 Å². The maximum absolute atomic E-state index is 12.8. The Hall–Kier alpha value is -1.71. The predicted octanol–water partition coefficient (Wildman–Crippen LogP) is 3.48. The van der Waals surface area contributed by atoms with Gasteiger partial charge >= 0.3 is 5.97 Å². The second-order valence-corrected chi connectivity index (χ2v) is 3.89. The summed E-state index contributed by atoms with van der Waals surface area (Å²) in [5.74, 6) is -2.98. The van der Waals surface area contributed by atoms with Crippen LogP contribution in [0.1, 0.15) is 25.3 Å². The molecule has 17 heavy (non-hydrogen) atoms. The molecule has 1 aromatic rings. The molecule has 0 saturated carbocycles. The lowest BCUT2D eigenvalue weighted by atomic mass is 10.1. The Morgan fingerprint density at radius 1 is 1.41 bits per heavy atom. The molecule has 0 radical (unpaired) electrons. The lowest BCUT2D eigenvalue weighted by Gasteiger charge is -2.02. The summed E-state index contributed by atoms with van der Waals surface area (Å²) in [7, 11) is 0. The van der Waals surface area contributed by atoms with E-state index in [4.69, 9.17) is 5.11 Å². The van der Waals surface area contributed by atoms with Crippen molar-refractivity contribution in [1.29, 1.82) is 0 Å². The van der Waals surface area contributed by atoms with Crippen LogP contribution in [0, 0.1) is 17.6 Å². The first-order valence-corrected chi connectivity index (χ1v) is 5.35. The first-order chi connectivity index (χ1) is 8.00. The molecule has 1 rings (SSSR count). The Balaban J connectivity index is 2.48. The molecule has 1 atom stereocenters. The molecular weight excluding hydrogens is 226 g/mol. The first kappa shape index (κ1) is 13.4. The molecule has 1 aromatic carbocycles.